The zero-order chi connectivity index (χ0) is 28.3. The van der Waals surface area contributed by atoms with E-state index in [0.29, 0.717) is 11.8 Å². The zero-order valence-electron chi connectivity index (χ0n) is 24.4. The average Bonchev–Trinajstić information content (AvgIpc) is 3.51. The summed E-state index contributed by atoms with van der Waals surface area (Å²) in [7, 11) is 0. The van der Waals surface area contributed by atoms with Gasteiger partial charge in [-0.2, -0.15) is 0 Å². The predicted octanol–water partition coefficient (Wildman–Crippen LogP) is 11.4. The highest BCUT2D eigenvalue weighted by Gasteiger charge is 2.20. The Morgan fingerprint density at radius 1 is 0.390 bits per heavy atom. The van der Waals surface area contributed by atoms with Gasteiger partial charge in [-0.15, -0.1) is 0 Å². The molecule has 0 radical (unpaired) electrons. The molecule has 0 atom stereocenters. The van der Waals surface area contributed by atoms with E-state index in [0.717, 1.165) is 0 Å². The smallest absolute Gasteiger partial charge is 0.0528 e. The van der Waals surface area contributed by atoms with Crippen molar-refractivity contribution in [1.82, 2.24) is 4.57 Å². The van der Waals surface area contributed by atoms with Gasteiger partial charge in [0.2, 0.25) is 0 Å². The Balaban J connectivity index is 1.58. The molecular formula is C40H37N. The van der Waals surface area contributed by atoms with Crippen LogP contribution in [0.1, 0.15) is 50.7 Å². The van der Waals surface area contributed by atoms with Crippen molar-refractivity contribution in [2.75, 3.05) is 0 Å². The van der Waals surface area contributed by atoms with Crippen LogP contribution in [0.5, 0.6) is 0 Å². The third-order valence-corrected chi connectivity index (χ3v) is 7.95. The van der Waals surface area contributed by atoms with Crippen LogP contribution in [-0.4, -0.2) is 4.57 Å². The van der Waals surface area contributed by atoms with Crippen molar-refractivity contribution in [2.45, 2.75) is 39.5 Å². The lowest BCUT2D eigenvalue weighted by atomic mass is 9.86. The molecule has 41 heavy (non-hydrogen) atoms. The van der Waals surface area contributed by atoms with Crippen LogP contribution in [-0.2, 0) is 0 Å². The van der Waals surface area contributed by atoms with E-state index >= 15 is 0 Å². The van der Waals surface area contributed by atoms with Crippen molar-refractivity contribution in [3.63, 3.8) is 0 Å². The summed E-state index contributed by atoms with van der Waals surface area (Å²) in [6.07, 6.45) is 2.22. The summed E-state index contributed by atoms with van der Waals surface area (Å²) >= 11 is 0. The predicted molar refractivity (Wildman–Crippen MR) is 176 cm³/mol. The molecule has 0 unspecified atom stereocenters. The average molecular weight is 532 g/mol. The van der Waals surface area contributed by atoms with E-state index in [1.165, 1.54) is 61.5 Å². The summed E-state index contributed by atoms with van der Waals surface area (Å²) < 4.78 is 2.40. The van der Waals surface area contributed by atoms with E-state index < -0.39 is 0 Å². The summed E-state index contributed by atoms with van der Waals surface area (Å²) in [6.45, 7) is 9.25. The van der Waals surface area contributed by atoms with Crippen LogP contribution < -0.4 is 0 Å². The molecule has 0 spiro atoms. The molecule has 1 aromatic heterocycles. The third kappa shape index (κ3) is 5.41. The van der Waals surface area contributed by atoms with E-state index in [1.54, 1.807) is 0 Å². The molecule has 0 N–H and O–H groups in total. The van der Waals surface area contributed by atoms with Gasteiger partial charge < -0.3 is 4.57 Å². The van der Waals surface area contributed by atoms with Gasteiger partial charge in [-0.3, -0.25) is 0 Å². The molecule has 6 aromatic rings. The summed E-state index contributed by atoms with van der Waals surface area (Å²) in [6, 6.07) is 48.5. The van der Waals surface area contributed by atoms with Gasteiger partial charge in [0.1, 0.15) is 0 Å². The van der Waals surface area contributed by atoms with Crippen LogP contribution in [0.2, 0.25) is 0 Å². The standard InChI is InChI=1S/C40H37N/c1-28(2)37-26-36(27-38(29(3)4)40(37)41-22-14-21-39(41)32-19-12-7-13-20-32)35-24-33(30-15-8-5-9-16-30)23-34(25-35)31-17-10-6-11-18-31/h5-29H,1-4H3. The van der Waals surface area contributed by atoms with Crippen molar-refractivity contribution in [2.24, 2.45) is 0 Å². The van der Waals surface area contributed by atoms with Crippen LogP contribution in [0, 0.1) is 0 Å². The second-order valence-corrected chi connectivity index (χ2v) is 11.5. The number of benzene rings is 5. The minimum atomic E-state index is 0.361. The monoisotopic (exact) mass is 531 g/mol. The fourth-order valence-corrected chi connectivity index (χ4v) is 5.81. The van der Waals surface area contributed by atoms with Crippen molar-refractivity contribution < 1.29 is 0 Å². The fourth-order valence-electron chi connectivity index (χ4n) is 5.81. The molecule has 0 aliphatic rings. The molecule has 0 saturated heterocycles. The Bertz CT molecular complexity index is 1670. The highest BCUT2D eigenvalue weighted by Crippen LogP contribution is 2.40. The second kappa shape index (κ2) is 11.5. The third-order valence-electron chi connectivity index (χ3n) is 7.95. The first kappa shape index (κ1) is 26.6. The van der Waals surface area contributed by atoms with Gasteiger partial charge in [0, 0.05) is 6.20 Å². The Hall–Kier alpha value is -4.62. The maximum absolute atomic E-state index is 2.43. The van der Waals surface area contributed by atoms with Crippen molar-refractivity contribution in [3.8, 4) is 50.3 Å². The van der Waals surface area contributed by atoms with Crippen molar-refractivity contribution in [1.29, 1.82) is 0 Å². The van der Waals surface area contributed by atoms with Gasteiger partial charge in [-0.1, -0.05) is 119 Å². The summed E-state index contributed by atoms with van der Waals surface area (Å²) in [5, 5.41) is 0. The zero-order valence-corrected chi connectivity index (χ0v) is 24.4. The first-order valence-corrected chi connectivity index (χ1v) is 14.7. The molecule has 1 heteroatoms. The Kier molecular flexibility index (Phi) is 7.44. The van der Waals surface area contributed by atoms with Crippen LogP contribution in [0.3, 0.4) is 0 Å². The number of nitrogens with zero attached hydrogens (tertiary/aromatic N) is 1. The molecule has 0 bridgehead atoms. The molecular weight excluding hydrogens is 494 g/mol. The van der Waals surface area contributed by atoms with E-state index in [9.17, 15) is 0 Å². The Morgan fingerprint density at radius 2 is 0.780 bits per heavy atom. The van der Waals surface area contributed by atoms with Crippen LogP contribution in [0.25, 0.3) is 50.3 Å². The minimum absolute atomic E-state index is 0.361. The largest absolute Gasteiger partial charge is 0.316 e. The lowest BCUT2D eigenvalue weighted by Crippen LogP contribution is -2.08. The molecule has 0 amide bonds. The van der Waals surface area contributed by atoms with Crippen molar-refractivity contribution in [3.05, 3.63) is 151 Å². The molecule has 1 nitrogen and oxygen atoms in total. The maximum atomic E-state index is 2.43. The van der Waals surface area contributed by atoms with Gasteiger partial charge in [0.25, 0.3) is 0 Å². The number of hydrogen-bond acceptors (Lipinski definition) is 0. The van der Waals surface area contributed by atoms with Gasteiger partial charge >= 0.3 is 0 Å². The van der Waals surface area contributed by atoms with Crippen molar-refractivity contribution >= 4 is 0 Å². The van der Waals surface area contributed by atoms with E-state index in [4.69, 9.17) is 0 Å². The van der Waals surface area contributed by atoms with Crippen LogP contribution >= 0.6 is 0 Å². The summed E-state index contributed by atoms with van der Waals surface area (Å²) in [4.78, 5) is 0. The fraction of sp³-hybridized carbons (Fsp3) is 0.150. The maximum Gasteiger partial charge on any atom is 0.0528 e. The Labute approximate surface area is 244 Å². The topological polar surface area (TPSA) is 4.93 Å². The lowest BCUT2D eigenvalue weighted by molar-refractivity contribution is 0.808. The van der Waals surface area contributed by atoms with E-state index in [-0.39, 0.29) is 0 Å². The Morgan fingerprint density at radius 3 is 1.22 bits per heavy atom. The molecule has 0 saturated carbocycles. The lowest BCUT2D eigenvalue weighted by Gasteiger charge is -2.24. The van der Waals surface area contributed by atoms with Crippen LogP contribution in [0.4, 0.5) is 0 Å². The van der Waals surface area contributed by atoms with E-state index in [2.05, 4.69) is 172 Å². The second-order valence-electron chi connectivity index (χ2n) is 11.5. The number of aromatic nitrogens is 1. The molecule has 6 rings (SSSR count). The van der Waals surface area contributed by atoms with Gasteiger partial charge in [0.05, 0.1) is 11.4 Å². The summed E-state index contributed by atoms with van der Waals surface area (Å²) in [5.41, 5.74) is 13.9. The molecule has 0 aliphatic heterocycles. The quantitative estimate of drug-likeness (QED) is 0.193. The van der Waals surface area contributed by atoms with Gasteiger partial charge in [-0.25, -0.2) is 0 Å². The summed E-state index contributed by atoms with van der Waals surface area (Å²) in [5.74, 6) is 0.721. The van der Waals surface area contributed by atoms with Gasteiger partial charge in [0.15, 0.2) is 0 Å². The number of rotatable bonds is 7. The molecule has 5 aromatic carbocycles. The molecule has 202 valence electrons. The minimum Gasteiger partial charge on any atom is -0.316 e. The van der Waals surface area contributed by atoms with Gasteiger partial charge in [-0.05, 0) is 104 Å². The number of hydrogen-bond donors (Lipinski definition) is 0. The first-order chi connectivity index (χ1) is 20.0. The van der Waals surface area contributed by atoms with Crippen LogP contribution in [0.15, 0.2) is 140 Å². The SMILES string of the molecule is CC(C)c1cc(-c2cc(-c3ccccc3)cc(-c3ccccc3)c2)cc(C(C)C)c1-n1cccc1-c1ccccc1. The molecule has 0 fully saturated rings. The molecule has 0 aliphatic carbocycles. The highest BCUT2D eigenvalue weighted by atomic mass is 15.0. The van der Waals surface area contributed by atoms with E-state index in [1.807, 2.05) is 0 Å². The normalized spacial score (nSPS) is 11.4. The highest BCUT2D eigenvalue weighted by molar-refractivity contribution is 5.82. The molecule has 1 heterocycles. The first-order valence-electron chi connectivity index (χ1n) is 14.7.